The van der Waals surface area contributed by atoms with Crippen molar-refractivity contribution in [3.63, 3.8) is 0 Å². The Bertz CT molecular complexity index is 611. The van der Waals surface area contributed by atoms with Crippen molar-refractivity contribution in [1.82, 2.24) is 14.1 Å². The highest BCUT2D eigenvalue weighted by Gasteiger charge is 2.31. The summed E-state index contributed by atoms with van der Waals surface area (Å²) in [7, 11) is -2.03. The number of carboxylic acid groups (broad SMARTS) is 1. The quantitative estimate of drug-likeness (QED) is 0.880. The van der Waals surface area contributed by atoms with Gasteiger partial charge in [-0.1, -0.05) is 19.8 Å². The van der Waals surface area contributed by atoms with Gasteiger partial charge in [0, 0.05) is 19.3 Å². The summed E-state index contributed by atoms with van der Waals surface area (Å²) in [5.74, 6) is -0.535. The Morgan fingerprint density at radius 3 is 2.86 bits per heavy atom. The number of carbonyl (C=O) groups is 1. The van der Waals surface area contributed by atoms with Crippen LogP contribution in [0, 0.1) is 5.92 Å². The first-order valence-corrected chi connectivity index (χ1v) is 8.47. The molecule has 1 heterocycles. The lowest BCUT2D eigenvalue weighted by Crippen LogP contribution is -2.39. The Morgan fingerprint density at radius 2 is 2.24 bits per heavy atom. The van der Waals surface area contributed by atoms with Crippen LogP contribution in [0.15, 0.2) is 17.3 Å². The van der Waals surface area contributed by atoms with E-state index in [1.165, 1.54) is 16.7 Å². The van der Waals surface area contributed by atoms with Gasteiger partial charge in [-0.3, -0.25) is 9.48 Å². The second kappa shape index (κ2) is 6.15. The highest BCUT2D eigenvalue weighted by Crippen LogP contribution is 2.29. The zero-order valence-corrected chi connectivity index (χ0v) is 13.1. The molecular weight excluding hydrogens is 294 g/mol. The summed E-state index contributed by atoms with van der Waals surface area (Å²) in [5.41, 5.74) is 0. The minimum atomic E-state index is -3.62. The van der Waals surface area contributed by atoms with Gasteiger partial charge in [-0.25, -0.2) is 8.42 Å². The van der Waals surface area contributed by atoms with Gasteiger partial charge in [0.25, 0.3) is 0 Å². The van der Waals surface area contributed by atoms with E-state index in [-0.39, 0.29) is 17.5 Å². The van der Waals surface area contributed by atoms with Crippen LogP contribution >= 0.6 is 0 Å². The van der Waals surface area contributed by atoms with Crippen LogP contribution in [0.2, 0.25) is 0 Å². The van der Waals surface area contributed by atoms with E-state index in [0.29, 0.717) is 5.92 Å². The summed E-state index contributed by atoms with van der Waals surface area (Å²) in [6, 6.07) is 0.00146. The molecule has 0 aliphatic heterocycles. The molecule has 1 fully saturated rings. The van der Waals surface area contributed by atoms with Gasteiger partial charge < -0.3 is 5.11 Å². The molecule has 0 amide bonds. The molecule has 1 N–H and O–H groups in total. The molecule has 8 heteroatoms. The van der Waals surface area contributed by atoms with E-state index in [4.69, 9.17) is 5.11 Å². The SMILES string of the molecule is CC1CCCC(N(C)S(=O)(=O)c2cnn(CC(=O)O)c2)C1. The number of carboxylic acids is 1. The first-order chi connectivity index (χ1) is 9.80. The van der Waals surface area contributed by atoms with Crippen LogP contribution in [0.1, 0.15) is 32.6 Å². The lowest BCUT2D eigenvalue weighted by molar-refractivity contribution is -0.137. The zero-order chi connectivity index (χ0) is 15.6. The fraction of sp³-hybridized carbons (Fsp3) is 0.692. The summed E-state index contributed by atoms with van der Waals surface area (Å²) < 4.78 is 27.6. The average molecular weight is 315 g/mol. The van der Waals surface area contributed by atoms with Crippen molar-refractivity contribution < 1.29 is 18.3 Å². The minimum Gasteiger partial charge on any atom is -0.480 e. The van der Waals surface area contributed by atoms with E-state index in [1.54, 1.807) is 7.05 Å². The molecule has 1 aliphatic rings. The average Bonchev–Trinajstić information content (AvgIpc) is 2.86. The Labute approximate surface area is 124 Å². The maximum Gasteiger partial charge on any atom is 0.325 e. The van der Waals surface area contributed by atoms with Gasteiger partial charge in [0.05, 0.1) is 6.20 Å². The third-order valence-electron chi connectivity index (χ3n) is 4.01. The molecule has 0 spiro atoms. The van der Waals surface area contributed by atoms with Crippen molar-refractivity contribution in [1.29, 1.82) is 0 Å². The van der Waals surface area contributed by atoms with Crippen LogP contribution < -0.4 is 0 Å². The lowest BCUT2D eigenvalue weighted by atomic mass is 9.87. The van der Waals surface area contributed by atoms with Gasteiger partial charge in [0.2, 0.25) is 10.0 Å². The molecule has 0 bridgehead atoms. The molecule has 2 unspecified atom stereocenters. The largest absolute Gasteiger partial charge is 0.480 e. The zero-order valence-electron chi connectivity index (χ0n) is 12.3. The van der Waals surface area contributed by atoms with Crippen molar-refractivity contribution in [2.75, 3.05) is 7.05 Å². The predicted octanol–water partition coefficient (Wildman–Crippen LogP) is 1.17. The summed E-state index contributed by atoms with van der Waals surface area (Å²) in [6.07, 6.45) is 6.38. The number of nitrogens with zero attached hydrogens (tertiary/aromatic N) is 3. The standard InChI is InChI=1S/C13H21N3O4S/c1-10-4-3-5-11(6-10)15(2)21(19,20)12-7-14-16(8-12)9-13(17)18/h7-8,10-11H,3-6,9H2,1-2H3,(H,17,18). The molecule has 118 valence electrons. The summed E-state index contributed by atoms with van der Waals surface area (Å²) in [4.78, 5) is 10.7. The third-order valence-corrected chi connectivity index (χ3v) is 5.87. The molecule has 1 aromatic heterocycles. The highest BCUT2D eigenvalue weighted by atomic mass is 32.2. The molecule has 1 saturated carbocycles. The number of rotatable bonds is 5. The van der Waals surface area contributed by atoms with Gasteiger partial charge in [-0.05, 0) is 18.8 Å². The molecular formula is C13H21N3O4S. The van der Waals surface area contributed by atoms with Crippen LogP contribution in [0.3, 0.4) is 0 Å². The van der Waals surface area contributed by atoms with Gasteiger partial charge >= 0.3 is 5.97 Å². The lowest BCUT2D eigenvalue weighted by Gasteiger charge is -2.33. The van der Waals surface area contributed by atoms with Crippen LogP contribution in [0.25, 0.3) is 0 Å². The first-order valence-electron chi connectivity index (χ1n) is 7.03. The van der Waals surface area contributed by atoms with Crippen molar-refractivity contribution in [2.45, 2.75) is 50.1 Å². The molecule has 21 heavy (non-hydrogen) atoms. The maximum absolute atomic E-state index is 12.6. The van der Waals surface area contributed by atoms with Crippen LogP contribution in [-0.4, -0.2) is 46.7 Å². The highest BCUT2D eigenvalue weighted by molar-refractivity contribution is 7.89. The van der Waals surface area contributed by atoms with Crippen LogP contribution in [0.4, 0.5) is 0 Å². The van der Waals surface area contributed by atoms with Gasteiger partial charge in [0.1, 0.15) is 11.4 Å². The predicted molar refractivity (Wildman–Crippen MR) is 76.2 cm³/mol. The molecule has 0 aromatic carbocycles. The molecule has 7 nitrogen and oxygen atoms in total. The fourth-order valence-corrected chi connectivity index (χ4v) is 4.15. The van der Waals surface area contributed by atoms with Gasteiger partial charge in [-0.2, -0.15) is 9.40 Å². The Kier molecular flexibility index (Phi) is 4.67. The van der Waals surface area contributed by atoms with Crippen LogP contribution in [0.5, 0.6) is 0 Å². The maximum atomic E-state index is 12.6. The smallest absolute Gasteiger partial charge is 0.325 e. The summed E-state index contributed by atoms with van der Waals surface area (Å²) >= 11 is 0. The Morgan fingerprint density at radius 1 is 1.52 bits per heavy atom. The van der Waals surface area contributed by atoms with E-state index >= 15 is 0 Å². The number of hydrogen-bond donors (Lipinski definition) is 1. The number of sulfonamides is 1. The molecule has 2 atom stereocenters. The van der Waals surface area contributed by atoms with Gasteiger partial charge in [-0.15, -0.1) is 0 Å². The van der Waals surface area contributed by atoms with E-state index in [1.807, 2.05) is 0 Å². The number of aromatic nitrogens is 2. The van der Waals surface area contributed by atoms with Crippen molar-refractivity contribution in [3.05, 3.63) is 12.4 Å². The second-order valence-electron chi connectivity index (χ2n) is 5.71. The molecule has 2 rings (SSSR count). The second-order valence-corrected chi connectivity index (χ2v) is 7.71. The van der Waals surface area contributed by atoms with Crippen molar-refractivity contribution in [3.8, 4) is 0 Å². The van der Waals surface area contributed by atoms with Crippen molar-refractivity contribution >= 4 is 16.0 Å². The summed E-state index contributed by atoms with van der Waals surface area (Å²) in [5, 5.41) is 12.5. The van der Waals surface area contributed by atoms with Crippen LogP contribution in [-0.2, 0) is 21.4 Å². The Balaban J connectivity index is 2.16. The number of hydrogen-bond acceptors (Lipinski definition) is 4. The topological polar surface area (TPSA) is 92.5 Å². The first kappa shape index (κ1) is 16.0. The van der Waals surface area contributed by atoms with Gasteiger partial charge in [0.15, 0.2) is 0 Å². The number of aliphatic carboxylic acids is 1. The normalized spacial score (nSPS) is 23.4. The summed E-state index contributed by atoms with van der Waals surface area (Å²) in [6.45, 7) is 1.79. The van der Waals surface area contributed by atoms with E-state index in [0.717, 1.165) is 30.4 Å². The molecule has 1 aliphatic carbocycles. The third kappa shape index (κ3) is 3.62. The molecule has 0 radical (unpaired) electrons. The van der Waals surface area contributed by atoms with E-state index in [9.17, 15) is 13.2 Å². The molecule has 0 saturated heterocycles. The fourth-order valence-electron chi connectivity index (χ4n) is 2.80. The van der Waals surface area contributed by atoms with Crippen molar-refractivity contribution in [2.24, 2.45) is 5.92 Å². The van der Waals surface area contributed by atoms with E-state index < -0.39 is 16.0 Å². The Hall–Kier alpha value is -1.41. The van der Waals surface area contributed by atoms with E-state index in [2.05, 4.69) is 12.0 Å². The minimum absolute atomic E-state index is 0.00146. The monoisotopic (exact) mass is 315 g/mol. The molecule has 1 aromatic rings.